The molecule has 0 aliphatic heterocycles. The minimum Gasteiger partial charge on any atom is -0.489 e. The van der Waals surface area contributed by atoms with Gasteiger partial charge in [0.25, 0.3) is 5.91 Å². The van der Waals surface area contributed by atoms with Gasteiger partial charge in [-0.15, -0.1) is 11.3 Å². The highest BCUT2D eigenvalue weighted by Gasteiger charge is 2.11. The van der Waals surface area contributed by atoms with Crippen molar-refractivity contribution in [2.24, 2.45) is 0 Å². The molecule has 0 radical (unpaired) electrons. The molecule has 26 heavy (non-hydrogen) atoms. The molecule has 6 nitrogen and oxygen atoms in total. The predicted molar refractivity (Wildman–Crippen MR) is 101 cm³/mol. The molecule has 0 unspecified atom stereocenters. The largest absolute Gasteiger partial charge is 0.489 e. The number of rotatable bonds is 6. The van der Waals surface area contributed by atoms with E-state index in [1.807, 2.05) is 47.8 Å². The maximum absolute atomic E-state index is 12.2. The maximum Gasteiger partial charge on any atom is 0.271 e. The lowest BCUT2D eigenvalue weighted by Gasteiger charge is -2.09. The number of H-pyrrole nitrogens is 1. The number of carbonyl (C=O) groups excluding carboxylic acids is 1. The van der Waals surface area contributed by atoms with Gasteiger partial charge in [0, 0.05) is 11.6 Å². The van der Waals surface area contributed by atoms with Gasteiger partial charge in [-0.25, -0.2) is 0 Å². The van der Waals surface area contributed by atoms with Crippen LogP contribution in [0.5, 0.6) is 5.75 Å². The highest BCUT2D eigenvalue weighted by Crippen LogP contribution is 2.23. The number of thiophene rings is 1. The number of nitrogens with zero attached hydrogens (tertiary/aromatic N) is 2. The second-order valence-electron chi connectivity index (χ2n) is 5.58. The number of amides is 1. The Bertz CT molecular complexity index is 1020. The molecule has 0 aliphatic rings. The van der Waals surface area contributed by atoms with Crippen molar-refractivity contribution in [2.45, 2.75) is 0 Å². The van der Waals surface area contributed by atoms with Crippen molar-refractivity contribution in [3.8, 4) is 16.3 Å². The molecule has 2 N–H and O–H groups in total. The number of nitrogens with one attached hydrogen (secondary N) is 2. The second kappa shape index (κ2) is 7.37. The molecular formula is C19H16N4O2S. The minimum absolute atomic E-state index is 0.233. The third-order valence-corrected chi connectivity index (χ3v) is 4.74. The Kier molecular flexibility index (Phi) is 4.61. The summed E-state index contributed by atoms with van der Waals surface area (Å²) in [6.45, 7) is 0.729. The van der Waals surface area contributed by atoms with Gasteiger partial charge in [-0.1, -0.05) is 24.3 Å². The summed E-state index contributed by atoms with van der Waals surface area (Å²) in [5.74, 6) is 0.473. The number of benzene rings is 1. The van der Waals surface area contributed by atoms with Crippen LogP contribution in [0, 0.1) is 0 Å². The molecule has 1 aromatic carbocycles. The molecule has 7 heteroatoms. The van der Waals surface area contributed by atoms with E-state index in [0.29, 0.717) is 24.6 Å². The van der Waals surface area contributed by atoms with Crippen molar-refractivity contribution < 1.29 is 9.53 Å². The zero-order valence-electron chi connectivity index (χ0n) is 13.8. The Morgan fingerprint density at radius 2 is 2.12 bits per heavy atom. The molecular weight excluding hydrogens is 348 g/mol. The molecule has 0 saturated carbocycles. The van der Waals surface area contributed by atoms with Crippen LogP contribution in [0.3, 0.4) is 0 Å². The number of fused-ring (bicyclic) bond motifs is 1. The molecule has 0 saturated heterocycles. The molecule has 4 rings (SSSR count). The summed E-state index contributed by atoms with van der Waals surface area (Å²) in [5, 5.41) is 12.8. The van der Waals surface area contributed by atoms with E-state index in [2.05, 4.69) is 20.5 Å². The molecule has 0 fully saturated rings. The second-order valence-corrected chi connectivity index (χ2v) is 6.53. The van der Waals surface area contributed by atoms with Crippen LogP contribution >= 0.6 is 11.3 Å². The van der Waals surface area contributed by atoms with Crippen LogP contribution in [0.15, 0.2) is 60.1 Å². The van der Waals surface area contributed by atoms with Crippen LogP contribution in [-0.4, -0.2) is 34.2 Å². The van der Waals surface area contributed by atoms with Crippen molar-refractivity contribution in [3.05, 3.63) is 65.8 Å². The molecule has 0 spiro atoms. The molecule has 0 atom stereocenters. The molecule has 0 bridgehead atoms. The summed E-state index contributed by atoms with van der Waals surface area (Å²) < 4.78 is 5.77. The zero-order chi connectivity index (χ0) is 17.8. The van der Waals surface area contributed by atoms with E-state index in [9.17, 15) is 4.79 Å². The summed E-state index contributed by atoms with van der Waals surface area (Å²) in [6, 6.07) is 15.3. The van der Waals surface area contributed by atoms with Crippen molar-refractivity contribution in [3.63, 3.8) is 0 Å². The van der Waals surface area contributed by atoms with E-state index < -0.39 is 0 Å². The first-order valence-corrected chi connectivity index (χ1v) is 9.03. The topological polar surface area (TPSA) is 79.9 Å². The Morgan fingerprint density at radius 3 is 3.00 bits per heavy atom. The highest BCUT2D eigenvalue weighted by molar-refractivity contribution is 7.13. The highest BCUT2D eigenvalue weighted by atomic mass is 32.1. The van der Waals surface area contributed by atoms with E-state index in [4.69, 9.17) is 4.74 Å². The summed E-state index contributed by atoms with van der Waals surface area (Å²) in [4.78, 5) is 17.6. The first kappa shape index (κ1) is 16.3. The SMILES string of the molecule is O=C(NCCOc1cccc2cccnc12)c1cc(-c2cccs2)[nH]n1. The first-order valence-electron chi connectivity index (χ1n) is 8.15. The first-order chi connectivity index (χ1) is 12.8. The quantitative estimate of drug-likeness (QED) is 0.513. The third kappa shape index (κ3) is 3.43. The number of para-hydroxylation sites is 1. The standard InChI is InChI=1S/C19H16N4O2S/c24-19(15-12-14(22-23-15)17-7-3-11-26-17)21-9-10-25-16-6-1-4-13-5-2-8-20-18(13)16/h1-8,11-12H,9-10H2,(H,21,24)(H,22,23). The average molecular weight is 364 g/mol. The van der Waals surface area contributed by atoms with Crippen LogP contribution in [0.1, 0.15) is 10.5 Å². The Hall–Kier alpha value is -3.19. The fraction of sp³-hybridized carbons (Fsp3) is 0.105. The monoisotopic (exact) mass is 364 g/mol. The molecule has 4 aromatic rings. The van der Waals surface area contributed by atoms with Crippen LogP contribution in [0.25, 0.3) is 21.5 Å². The molecule has 3 heterocycles. The lowest BCUT2D eigenvalue weighted by atomic mass is 10.2. The Labute approximate surface area is 153 Å². The van der Waals surface area contributed by atoms with E-state index in [1.54, 1.807) is 23.6 Å². The van der Waals surface area contributed by atoms with Gasteiger partial charge in [0.2, 0.25) is 0 Å². The van der Waals surface area contributed by atoms with Crippen LogP contribution in [-0.2, 0) is 0 Å². The summed E-state index contributed by atoms with van der Waals surface area (Å²) in [6.07, 6.45) is 1.74. The van der Waals surface area contributed by atoms with Gasteiger partial charge < -0.3 is 10.1 Å². The fourth-order valence-corrected chi connectivity index (χ4v) is 3.30. The van der Waals surface area contributed by atoms with Gasteiger partial charge in [-0.2, -0.15) is 5.10 Å². The van der Waals surface area contributed by atoms with Gasteiger partial charge in [0.1, 0.15) is 17.9 Å². The Balaban J connectivity index is 1.32. The average Bonchev–Trinajstić information content (AvgIpc) is 3.36. The summed E-state index contributed by atoms with van der Waals surface area (Å²) >= 11 is 1.59. The summed E-state index contributed by atoms with van der Waals surface area (Å²) in [7, 11) is 0. The molecule has 1 amide bonds. The predicted octanol–water partition coefficient (Wildman–Crippen LogP) is 3.50. The Morgan fingerprint density at radius 1 is 1.19 bits per heavy atom. The van der Waals surface area contributed by atoms with Crippen molar-refractivity contribution in [1.29, 1.82) is 0 Å². The fourth-order valence-electron chi connectivity index (χ4n) is 2.60. The van der Waals surface area contributed by atoms with Gasteiger partial charge in [0.15, 0.2) is 5.69 Å². The van der Waals surface area contributed by atoms with Gasteiger partial charge in [0.05, 0.1) is 17.1 Å². The number of ether oxygens (including phenoxy) is 1. The number of hydrogen-bond acceptors (Lipinski definition) is 5. The molecule has 0 aliphatic carbocycles. The third-order valence-electron chi connectivity index (χ3n) is 3.84. The van der Waals surface area contributed by atoms with Crippen molar-refractivity contribution >= 4 is 28.1 Å². The van der Waals surface area contributed by atoms with Crippen molar-refractivity contribution in [2.75, 3.05) is 13.2 Å². The smallest absolute Gasteiger partial charge is 0.271 e. The lowest BCUT2D eigenvalue weighted by Crippen LogP contribution is -2.28. The van der Waals surface area contributed by atoms with E-state index in [0.717, 1.165) is 21.5 Å². The zero-order valence-corrected chi connectivity index (χ0v) is 14.6. The number of hydrogen-bond donors (Lipinski definition) is 2. The maximum atomic E-state index is 12.2. The van der Waals surface area contributed by atoms with Gasteiger partial charge in [-0.3, -0.25) is 14.9 Å². The van der Waals surface area contributed by atoms with Crippen LogP contribution in [0.2, 0.25) is 0 Å². The van der Waals surface area contributed by atoms with E-state index in [1.165, 1.54) is 0 Å². The molecule has 3 aromatic heterocycles. The number of pyridine rings is 1. The van der Waals surface area contributed by atoms with Crippen molar-refractivity contribution in [1.82, 2.24) is 20.5 Å². The number of aromatic amines is 1. The minimum atomic E-state index is -0.233. The lowest BCUT2D eigenvalue weighted by molar-refractivity contribution is 0.0942. The molecule has 130 valence electrons. The normalized spacial score (nSPS) is 10.8. The number of carbonyl (C=O) groups is 1. The number of aromatic nitrogens is 3. The van der Waals surface area contributed by atoms with Crippen LogP contribution < -0.4 is 10.1 Å². The van der Waals surface area contributed by atoms with E-state index >= 15 is 0 Å². The van der Waals surface area contributed by atoms with Gasteiger partial charge >= 0.3 is 0 Å². The van der Waals surface area contributed by atoms with Crippen LogP contribution in [0.4, 0.5) is 0 Å². The van der Waals surface area contributed by atoms with E-state index in [-0.39, 0.29) is 5.91 Å². The summed E-state index contributed by atoms with van der Waals surface area (Å²) in [5.41, 5.74) is 2.01. The van der Waals surface area contributed by atoms with Gasteiger partial charge in [-0.05, 0) is 29.6 Å².